The van der Waals surface area contributed by atoms with Crippen molar-refractivity contribution < 1.29 is 46.1 Å². The van der Waals surface area contributed by atoms with Gasteiger partial charge in [0.25, 0.3) is 11.9 Å². The summed E-state index contributed by atoms with van der Waals surface area (Å²) in [6, 6.07) is 47.1. The molecule has 0 atom stereocenters. The average molecular weight is 1440 g/mol. The number of hydrogen-bond donors (Lipinski definition) is 2. The smallest absolute Gasteiger partial charge is 0.254 e. The van der Waals surface area contributed by atoms with Gasteiger partial charge in [0.1, 0.15) is 62.1 Å². The number of hydrogen-bond acceptors (Lipinski definition) is 18. The van der Waals surface area contributed by atoms with E-state index in [1.807, 2.05) is 113 Å². The fraction of sp³-hybridized carbons (Fsp3) is 0.300. The molecule has 0 bridgehead atoms. The average Bonchev–Trinajstić information content (AvgIpc) is 1.51. The van der Waals surface area contributed by atoms with Crippen molar-refractivity contribution in [3.8, 4) is 35.3 Å². The molecule has 4 aromatic carbocycles. The van der Waals surface area contributed by atoms with Gasteiger partial charge in [-0.05, 0) is 162 Å². The van der Waals surface area contributed by atoms with Crippen LogP contribution < -0.4 is 20.1 Å². The Morgan fingerprint density at radius 3 is 1.20 bits per heavy atom. The van der Waals surface area contributed by atoms with E-state index in [0.29, 0.717) is 135 Å². The number of rotatable bonds is 26. The van der Waals surface area contributed by atoms with E-state index in [-0.39, 0.29) is 23.8 Å². The van der Waals surface area contributed by atoms with Crippen molar-refractivity contribution in [2.75, 3.05) is 37.1 Å². The zero-order chi connectivity index (χ0) is 74.6. The number of aryl methyl sites for hydroxylation is 8. The SMILES string of the molecule is CC(=O)CCc1cc(Nc2ccc(C)cc2)nc(-n2cc(C)c(CF)n2)c1.CC(=O)CCc1cc(Nc2ccc(C)cc2)nc(-n2ccc(CF)n2)c1.Cc1ccc(Cc2cc(OC3COC3)nc(-n3cc(C)c(CF)n3)n2)cc1.Cc1ccc(Cc2cc(OC3COC3)nc(-n3ccc(CF)n3)n2)cc1. The van der Waals surface area contributed by atoms with Gasteiger partial charge < -0.3 is 39.2 Å². The number of halogens is 4. The number of alkyl halides is 4. The summed E-state index contributed by atoms with van der Waals surface area (Å²) in [6.45, 7) is 14.7. The maximum absolute atomic E-state index is 13.1. The van der Waals surface area contributed by atoms with Crippen LogP contribution in [0.25, 0.3) is 23.5 Å². The Hall–Kier alpha value is -11.6. The van der Waals surface area contributed by atoms with Gasteiger partial charge in [0.2, 0.25) is 11.8 Å². The number of anilines is 4. The van der Waals surface area contributed by atoms with Crippen molar-refractivity contribution >= 4 is 34.6 Å². The molecule has 2 saturated heterocycles. The summed E-state index contributed by atoms with van der Waals surface area (Å²) in [4.78, 5) is 50.0. The minimum Gasteiger partial charge on any atom is -0.469 e. The minimum atomic E-state index is -0.626. The highest BCUT2D eigenvalue weighted by Crippen LogP contribution is 2.26. The number of nitrogens with zero attached hydrogens (tertiary/aromatic N) is 14. The Labute approximate surface area is 612 Å². The maximum atomic E-state index is 13.1. The molecule has 0 aliphatic carbocycles. The highest BCUT2D eigenvalue weighted by atomic mass is 19.1. The van der Waals surface area contributed by atoms with Gasteiger partial charge in [0.15, 0.2) is 11.6 Å². The number of pyridine rings is 2. The second kappa shape index (κ2) is 36.2. The molecule has 106 heavy (non-hydrogen) atoms. The Morgan fingerprint density at radius 1 is 0.425 bits per heavy atom. The van der Waals surface area contributed by atoms with Crippen LogP contribution >= 0.6 is 0 Å². The van der Waals surface area contributed by atoms with Crippen LogP contribution in [0.5, 0.6) is 11.8 Å². The van der Waals surface area contributed by atoms with E-state index in [1.165, 1.54) is 31.6 Å². The van der Waals surface area contributed by atoms with E-state index in [2.05, 4.69) is 123 Å². The number of aromatic nitrogens is 14. The van der Waals surface area contributed by atoms with E-state index in [9.17, 15) is 27.2 Å². The van der Waals surface area contributed by atoms with Crippen LogP contribution in [0.4, 0.5) is 40.6 Å². The molecular weight excluding hydrogens is 1360 g/mol. The molecule has 8 aromatic heterocycles. The van der Waals surface area contributed by atoms with Gasteiger partial charge in [0.05, 0.1) is 60.6 Å². The largest absolute Gasteiger partial charge is 0.469 e. The number of Topliss-reactive ketones (excluding diaryl/α,β-unsaturated/α-hetero) is 2. The predicted molar refractivity (Wildman–Crippen MR) is 395 cm³/mol. The molecular formula is C80H84F4N16O6. The van der Waals surface area contributed by atoms with Crippen LogP contribution in [0.1, 0.15) is 116 Å². The van der Waals surface area contributed by atoms with E-state index >= 15 is 0 Å². The Kier molecular flexibility index (Phi) is 25.8. The molecule has 548 valence electrons. The first-order valence-electron chi connectivity index (χ1n) is 34.8. The predicted octanol–water partition coefficient (Wildman–Crippen LogP) is 14.9. The van der Waals surface area contributed by atoms with E-state index < -0.39 is 26.7 Å². The van der Waals surface area contributed by atoms with E-state index in [0.717, 1.165) is 56.1 Å². The molecule has 0 saturated carbocycles. The van der Waals surface area contributed by atoms with Gasteiger partial charge in [-0.25, -0.2) is 56.2 Å². The lowest BCUT2D eigenvalue weighted by atomic mass is 10.1. The number of ether oxygens (including phenoxy) is 4. The first-order chi connectivity index (χ1) is 51.3. The minimum absolute atomic E-state index is 0.000681. The van der Waals surface area contributed by atoms with Crippen molar-refractivity contribution in [1.29, 1.82) is 0 Å². The van der Waals surface area contributed by atoms with Crippen molar-refractivity contribution in [3.63, 3.8) is 0 Å². The normalized spacial score (nSPS) is 12.5. The van der Waals surface area contributed by atoms with Crippen LogP contribution in [0, 0.1) is 41.5 Å². The second-order valence-electron chi connectivity index (χ2n) is 26.1. The van der Waals surface area contributed by atoms with Crippen molar-refractivity contribution in [3.05, 3.63) is 260 Å². The molecule has 26 heteroatoms. The fourth-order valence-electron chi connectivity index (χ4n) is 10.7. The lowest BCUT2D eigenvalue weighted by Gasteiger charge is -2.26. The molecule has 2 aliphatic heterocycles. The molecule has 2 aliphatic rings. The van der Waals surface area contributed by atoms with Gasteiger partial charge in [-0.1, -0.05) is 95.1 Å². The molecule has 0 spiro atoms. The Bertz CT molecular complexity index is 4900. The van der Waals surface area contributed by atoms with E-state index in [1.54, 1.807) is 60.1 Å². The monoisotopic (exact) mass is 1440 g/mol. The molecule has 14 rings (SSSR count). The third kappa shape index (κ3) is 21.7. The van der Waals surface area contributed by atoms with Gasteiger partial charge in [0, 0.05) is 74.0 Å². The molecule has 10 heterocycles. The van der Waals surface area contributed by atoms with Crippen LogP contribution in [-0.2, 0) is 71.4 Å². The van der Waals surface area contributed by atoms with Crippen molar-refractivity contribution in [2.45, 2.75) is 133 Å². The van der Waals surface area contributed by atoms with Gasteiger partial charge in [-0.2, -0.15) is 30.4 Å². The second-order valence-corrected chi connectivity index (χ2v) is 26.1. The molecule has 12 aromatic rings. The number of carbonyl (C=O) groups excluding carboxylic acids is 2. The maximum Gasteiger partial charge on any atom is 0.254 e. The first kappa shape index (κ1) is 75.5. The molecule has 0 radical (unpaired) electrons. The summed E-state index contributed by atoms with van der Waals surface area (Å²) in [5, 5.41) is 23.4. The third-order valence-electron chi connectivity index (χ3n) is 16.9. The number of carbonyl (C=O) groups is 2. The first-order valence-corrected chi connectivity index (χ1v) is 34.8. The van der Waals surface area contributed by atoms with Crippen LogP contribution in [-0.4, -0.2) is 119 Å². The quantitative estimate of drug-likeness (QED) is 0.0479. The lowest BCUT2D eigenvalue weighted by molar-refractivity contribution is -0.117. The summed E-state index contributed by atoms with van der Waals surface area (Å²) >= 11 is 0. The van der Waals surface area contributed by atoms with Gasteiger partial charge in [-0.15, -0.1) is 0 Å². The summed E-state index contributed by atoms with van der Waals surface area (Å²) in [7, 11) is 0. The highest BCUT2D eigenvalue weighted by molar-refractivity contribution is 5.76. The number of nitrogens with one attached hydrogen (secondary N) is 2. The summed E-state index contributed by atoms with van der Waals surface area (Å²) in [5.74, 6) is 4.45. The molecule has 0 unspecified atom stereocenters. The lowest BCUT2D eigenvalue weighted by Crippen LogP contribution is -2.38. The zero-order valence-electron chi connectivity index (χ0n) is 60.4. The molecule has 22 nitrogen and oxygen atoms in total. The Morgan fingerprint density at radius 2 is 0.811 bits per heavy atom. The Balaban J connectivity index is 0.000000141. The summed E-state index contributed by atoms with van der Waals surface area (Å²) in [6.07, 6.45) is 10.3. The standard InChI is InChI=1S/C21H23FN4O.C20H21FN4O2.C20H21FN4O.C19H19FN4O2/c1-14-4-8-18(9-5-14)23-20-10-17(7-6-16(3)27)11-21(24-20)26-13-15(2)19(12-22)25-26;1-13-3-5-15(6-4-13)7-16-8-19(27-17-11-26-12-17)23-20(22-16)25-10-14(2)18(9-21)24-25;1-14-3-7-17(8-4-14)22-19-11-16(6-5-15(2)26)12-20(23-19)25-10-9-18(13-21)24-25;1-13-2-4-14(5-3-13)8-16-9-18(26-17-11-25-12-17)22-19(21-16)24-7-6-15(10-20)23-24/h4-5,8-11,13H,6-7,12H2,1-3H3,(H,23,24);3-6,8,10,17H,7,9,11-12H2,1-2H3;3-4,7-12H,5-6,13H2,1-2H3,(H,22,23);2-7,9,17H,8,10-12H2,1H3. The molecule has 0 amide bonds. The summed E-state index contributed by atoms with van der Waals surface area (Å²) < 4.78 is 79.9. The van der Waals surface area contributed by atoms with Crippen LogP contribution in [0.15, 0.2) is 170 Å². The topological polar surface area (TPSA) is 244 Å². The molecule has 2 N–H and O–H groups in total. The third-order valence-corrected chi connectivity index (χ3v) is 16.9. The van der Waals surface area contributed by atoms with Crippen molar-refractivity contribution in [1.82, 2.24) is 69.0 Å². The fourth-order valence-corrected chi connectivity index (χ4v) is 10.7. The van der Waals surface area contributed by atoms with Crippen LogP contribution in [0.2, 0.25) is 0 Å². The van der Waals surface area contributed by atoms with Gasteiger partial charge in [-0.3, -0.25) is 0 Å². The molecule has 2 fully saturated rings. The van der Waals surface area contributed by atoms with Crippen molar-refractivity contribution in [2.24, 2.45) is 0 Å². The summed E-state index contributed by atoms with van der Waals surface area (Å²) in [5.41, 5.74) is 15.5. The zero-order valence-corrected chi connectivity index (χ0v) is 60.4. The van der Waals surface area contributed by atoms with Gasteiger partial charge >= 0.3 is 0 Å². The van der Waals surface area contributed by atoms with Crippen LogP contribution in [0.3, 0.4) is 0 Å². The number of benzene rings is 4. The highest BCUT2D eigenvalue weighted by Gasteiger charge is 2.24. The van der Waals surface area contributed by atoms with E-state index in [4.69, 9.17) is 18.9 Å². The number of ketones is 2.